The molecule has 4 atom stereocenters. The Labute approximate surface area is 482 Å². The zero-order valence-electron chi connectivity index (χ0n) is 51.2. The lowest BCUT2D eigenvalue weighted by Crippen LogP contribution is -2.38. The third-order valence-corrected chi connectivity index (χ3v) is 17.9. The van der Waals surface area contributed by atoms with Crippen molar-refractivity contribution in [2.24, 2.45) is 0 Å². The molecule has 76 heavy (non-hydrogen) atoms. The van der Waals surface area contributed by atoms with Crippen molar-refractivity contribution < 1.29 is 30.0 Å². The molecule has 8 nitrogen and oxygen atoms in total. The van der Waals surface area contributed by atoms with Gasteiger partial charge in [0.1, 0.15) is 0 Å². The summed E-state index contributed by atoms with van der Waals surface area (Å²) in [5.74, 6) is 1.22. The maximum Gasteiger partial charge on any atom is 0.189 e. The number of unbranched alkanes of at least 4 members (excludes halogenated alkanes) is 36. The van der Waals surface area contributed by atoms with E-state index in [0.29, 0.717) is 76.5 Å². The number of hydrogen-bond donors (Lipinski definition) is 4. The van der Waals surface area contributed by atoms with Gasteiger partial charge in [-0.3, -0.25) is 19.4 Å². The Kier molecular flexibility index (Phi) is 60.7. The Balaban J connectivity index is 4.84. The topological polar surface area (TPSA) is 122 Å². The first-order valence-electron chi connectivity index (χ1n) is 33.6. The number of nitrogens with zero attached hydrogens (tertiary/aromatic N) is 2. The molecule has 0 aliphatic heterocycles. The van der Waals surface area contributed by atoms with Crippen molar-refractivity contribution in [1.29, 1.82) is 0 Å². The van der Waals surface area contributed by atoms with Crippen LogP contribution in [-0.2, 0) is 9.59 Å². The number of hydrogen-bond acceptors (Lipinski definition) is 10. The molecule has 0 amide bonds. The fraction of sp³-hybridized carbons (Fsp3) is 0.970. The first-order chi connectivity index (χ1) is 37.1. The van der Waals surface area contributed by atoms with Gasteiger partial charge in [0.25, 0.3) is 0 Å². The van der Waals surface area contributed by atoms with Crippen LogP contribution in [0.25, 0.3) is 0 Å². The lowest BCUT2D eigenvalue weighted by atomic mass is 10.0. The summed E-state index contributed by atoms with van der Waals surface area (Å²) in [6, 6.07) is 0. The molecule has 454 valence electrons. The predicted octanol–water partition coefficient (Wildman–Crippen LogP) is 18.4. The van der Waals surface area contributed by atoms with Crippen molar-refractivity contribution in [3.63, 3.8) is 0 Å². The van der Waals surface area contributed by atoms with Gasteiger partial charge in [-0.25, -0.2) is 0 Å². The maximum absolute atomic E-state index is 13.0. The molecule has 0 aromatic carbocycles. The monoisotopic (exact) mass is 1110 g/mol. The Morgan fingerprint density at radius 3 is 0.671 bits per heavy atom. The Morgan fingerprint density at radius 2 is 0.474 bits per heavy atom. The Hall–Kier alpha value is -0.200. The summed E-state index contributed by atoms with van der Waals surface area (Å²) in [7, 11) is 0. The average molecular weight is 1110 g/mol. The largest absolute Gasteiger partial charge is 0.392 e. The lowest BCUT2D eigenvalue weighted by Gasteiger charge is -2.27. The van der Waals surface area contributed by atoms with Crippen molar-refractivity contribution in [2.75, 3.05) is 50.8 Å². The van der Waals surface area contributed by atoms with Crippen LogP contribution in [0.3, 0.4) is 0 Å². The molecule has 0 aromatic rings. The van der Waals surface area contributed by atoms with Crippen LogP contribution >= 0.6 is 23.5 Å². The van der Waals surface area contributed by atoms with Gasteiger partial charge >= 0.3 is 0 Å². The van der Waals surface area contributed by atoms with Crippen molar-refractivity contribution in [2.45, 2.75) is 360 Å². The highest BCUT2D eigenvalue weighted by atomic mass is 32.2. The minimum atomic E-state index is -0.419. The first-order valence-corrected chi connectivity index (χ1v) is 35.6. The van der Waals surface area contributed by atoms with Crippen LogP contribution < -0.4 is 0 Å². The van der Waals surface area contributed by atoms with Crippen LogP contribution in [0.2, 0.25) is 0 Å². The summed E-state index contributed by atoms with van der Waals surface area (Å²) in [6.45, 7) is 12.6. The summed E-state index contributed by atoms with van der Waals surface area (Å²) in [6.07, 6.45) is 54.8. The van der Waals surface area contributed by atoms with Gasteiger partial charge in [-0.15, -0.1) is 0 Å². The second-order valence-electron chi connectivity index (χ2n) is 23.7. The smallest absolute Gasteiger partial charge is 0.189 e. The SMILES string of the molecule is CCCCCCCCCCCCC(O)CN(CCCC(=O)SCCSC(=O)CCCN(CC(O)CCCCCCCCCCCC)CC(O)CCCCCCCCCCCC)CC(O)CCCCCCCCCCCC. The second kappa shape index (κ2) is 60.9. The minimum absolute atomic E-state index is 0.146. The number of aliphatic hydroxyl groups is 4. The molecule has 0 aliphatic carbocycles. The van der Waals surface area contributed by atoms with Gasteiger partial charge in [-0.1, -0.05) is 308 Å². The van der Waals surface area contributed by atoms with Crippen LogP contribution in [0.15, 0.2) is 0 Å². The lowest BCUT2D eigenvalue weighted by molar-refractivity contribution is -0.112. The fourth-order valence-electron chi connectivity index (χ4n) is 10.9. The normalized spacial score (nSPS) is 13.6. The zero-order valence-corrected chi connectivity index (χ0v) is 52.9. The molecule has 0 bridgehead atoms. The van der Waals surface area contributed by atoms with Gasteiger partial charge in [0.15, 0.2) is 10.2 Å². The van der Waals surface area contributed by atoms with Crippen LogP contribution in [0.4, 0.5) is 0 Å². The second-order valence-corrected chi connectivity index (χ2v) is 26.0. The Morgan fingerprint density at radius 1 is 0.289 bits per heavy atom. The molecule has 0 saturated carbocycles. The van der Waals surface area contributed by atoms with E-state index in [2.05, 4.69) is 37.5 Å². The predicted molar refractivity (Wildman–Crippen MR) is 336 cm³/mol. The molecule has 0 fully saturated rings. The maximum atomic E-state index is 13.0. The summed E-state index contributed by atoms with van der Waals surface area (Å²) in [5.41, 5.74) is 0. The minimum Gasteiger partial charge on any atom is -0.392 e. The molecule has 0 aliphatic rings. The molecular weight excluding hydrogens is 981 g/mol. The van der Waals surface area contributed by atoms with Crippen LogP contribution in [-0.4, -0.2) is 116 Å². The number of carbonyl (C=O) groups is 2. The molecular formula is C66H132N2O6S2. The molecule has 0 rings (SSSR count). The van der Waals surface area contributed by atoms with Gasteiger partial charge in [0.2, 0.25) is 0 Å². The standard InChI is InChI=1S/C66H132N2O6S2/c1-5-9-13-17-21-25-29-33-37-41-47-61(69)57-67(58-62(70)48-42-38-34-30-26-22-18-14-10-6-2)53-45-51-65(73)75-55-56-76-66(74)52-46-54-68(59-63(71)49-43-39-35-31-27-23-19-15-11-7-3)60-64(72)50-44-40-36-32-28-24-20-16-12-8-4/h61-64,69-72H,5-60H2,1-4H3. The van der Waals surface area contributed by atoms with Crippen molar-refractivity contribution in [1.82, 2.24) is 9.80 Å². The number of aliphatic hydroxyl groups excluding tert-OH is 4. The highest BCUT2D eigenvalue weighted by Gasteiger charge is 2.19. The third kappa shape index (κ3) is 57.1. The highest BCUT2D eigenvalue weighted by Crippen LogP contribution is 2.20. The molecule has 0 saturated heterocycles. The molecule has 0 heterocycles. The van der Waals surface area contributed by atoms with E-state index in [1.54, 1.807) is 0 Å². The summed E-state index contributed by atoms with van der Waals surface area (Å²) in [4.78, 5) is 30.4. The van der Waals surface area contributed by atoms with E-state index in [4.69, 9.17) is 0 Å². The van der Waals surface area contributed by atoms with Crippen molar-refractivity contribution >= 4 is 33.8 Å². The molecule has 4 unspecified atom stereocenters. The molecule has 10 heteroatoms. The van der Waals surface area contributed by atoms with Crippen molar-refractivity contribution in [3.8, 4) is 0 Å². The van der Waals surface area contributed by atoms with Gasteiger partial charge < -0.3 is 20.4 Å². The van der Waals surface area contributed by atoms with E-state index in [0.717, 1.165) is 77.0 Å². The van der Waals surface area contributed by atoms with Gasteiger partial charge in [-0.05, 0) is 51.6 Å². The van der Waals surface area contributed by atoms with Gasteiger partial charge in [0, 0.05) is 50.5 Å². The average Bonchev–Trinajstić information content (AvgIpc) is 3.39. The van der Waals surface area contributed by atoms with E-state index >= 15 is 0 Å². The zero-order chi connectivity index (χ0) is 55.6. The van der Waals surface area contributed by atoms with E-state index in [-0.39, 0.29) is 10.2 Å². The van der Waals surface area contributed by atoms with E-state index in [9.17, 15) is 30.0 Å². The Bertz CT molecular complexity index is 1030. The van der Waals surface area contributed by atoms with Crippen LogP contribution in [0.5, 0.6) is 0 Å². The van der Waals surface area contributed by atoms with Crippen LogP contribution in [0, 0.1) is 0 Å². The van der Waals surface area contributed by atoms with Crippen molar-refractivity contribution in [3.05, 3.63) is 0 Å². The number of rotatable bonds is 63. The summed E-state index contributed by atoms with van der Waals surface area (Å²) < 4.78 is 0. The molecule has 0 aromatic heterocycles. The number of carbonyl (C=O) groups excluding carboxylic acids is 2. The third-order valence-electron chi connectivity index (χ3n) is 15.8. The van der Waals surface area contributed by atoms with Gasteiger partial charge in [-0.2, -0.15) is 0 Å². The molecule has 0 radical (unpaired) electrons. The first kappa shape index (κ1) is 75.8. The molecule has 4 N–H and O–H groups in total. The highest BCUT2D eigenvalue weighted by molar-refractivity contribution is 8.16. The van der Waals surface area contributed by atoms with E-state index < -0.39 is 24.4 Å². The summed E-state index contributed by atoms with van der Waals surface area (Å²) in [5, 5.41) is 44.6. The van der Waals surface area contributed by atoms with Crippen LogP contribution in [0.1, 0.15) is 336 Å². The fourth-order valence-corrected chi connectivity index (χ4v) is 12.6. The molecule has 0 spiro atoms. The summed E-state index contributed by atoms with van der Waals surface area (Å²) >= 11 is 2.65. The quantitative estimate of drug-likeness (QED) is 0.0438. The number of thioether (sulfide) groups is 2. The van der Waals surface area contributed by atoms with E-state index in [1.165, 1.54) is 229 Å². The van der Waals surface area contributed by atoms with E-state index in [1.807, 2.05) is 0 Å². The van der Waals surface area contributed by atoms with Gasteiger partial charge in [0.05, 0.1) is 24.4 Å².